The summed E-state index contributed by atoms with van der Waals surface area (Å²) in [5.41, 5.74) is 4.56. The molecule has 3 aromatic rings. The van der Waals surface area contributed by atoms with Crippen LogP contribution in [0.3, 0.4) is 0 Å². The molecule has 0 spiro atoms. The predicted octanol–water partition coefficient (Wildman–Crippen LogP) is 4.10. The van der Waals surface area contributed by atoms with Crippen LogP contribution in [0.5, 0.6) is 11.5 Å². The molecule has 0 saturated heterocycles. The second kappa shape index (κ2) is 7.19. The Bertz CT molecular complexity index is 1090. The second-order valence-electron chi connectivity index (χ2n) is 6.55. The second-order valence-corrected chi connectivity index (χ2v) is 6.55. The molecule has 1 aliphatic rings. The number of rotatable bonds is 5. The summed E-state index contributed by atoms with van der Waals surface area (Å²) in [5, 5.41) is 2.87. The fraction of sp³-hybridized carbons (Fsp3) is 0.130. The van der Waals surface area contributed by atoms with Crippen LogP contribution in [0.15, 0.2) is 60.7 Å². The van der Waals surface area contributed by atoms with E-state index in [4.69, 9.17) is 9.47 Å². The maximum atomic E-state index is 12.6. The first-order valence-electron chi connectivity index (χ1n) is 8.89. The maximum Gasteiger partial charge on any atom is 0.228 e. The average Bonchev–Trinajstić information content (AvgIpc) is 3.00. The third-order valence-corrected chi connectivity index (χ3v) is 4.82. The summed E-state index contributed by atoms with van der Waals surface area (Å²) in [6.45, 7) is 0. The van der Waals surface area contributed by atoms with Crippen molar-refractivity contribution in [3.63, 3.8) is 0 Å². The van der Waals surface area contributed by atoms with Crippen LogP contribution < -0.4 is 14.8 Å². The summed E-state index contributed by atoms with van der Waals surface area (Å²) in [6.07, 6.45) is 0.186. The number of carbonyl (C=O) groups excluding carboxylic acids is 2. The number of hydrogen-bond donors (Lipinski definition) is 1. The Kier molecular flexibility index (Phi) is 4.57. The van der Waals surface area contributed by atoms with Crippen molar-refractivity contribution in [3.8, 4) is 22.6 Å². The zero-order chi connectivity index (χ0) is 19.7. The van der Waals surface area contributed by atoms with Gasteiger partial charge in [-0.25, -0.2) is 0 Å². The summed E-state index contributed by atoms with van der Waals surface area (Å²) >= 11 is 0. The number of ketones is 1. The normalized spacial score (nSPS) is 11.6. The van der Waals surface area contributed by atoms with Crippen molar-refractivity contribution >= 4 is 17.4 Å². The molecule has 0 fully saturated rings. The predicted molar refractivity (Wildman–Crippen MR) is 107 cm³/mol. The van der Waals surface area contributed by atoms with E-state index in [-0.39, 0.29) is 18.1 Å². The highest BCUT2D eigenvalue weighted by atomic mass is 16.5. The molecular weight excluding hydrogens is 354 g/mol. The van der Waals surface area contributed by atoms with Gasteiger partial charge in [0.15, 0.2) is 17.3 Å². The molecule has 4 rings (SSSR count). The lowest BCUT2D eigenvalue weighted by Gasteiger charge is -2.10. The van der Waals surface area contributed by atoms with Gasteiger partial charge in [0, 0.05) is 16.8 Å². The third kappa shape index (κ3) is 3.11. The van der Waals surface area contributed by atoms with E-state index in [1.54, 1.807) is 32.4 Å². The van der Waals surface area contributed by atoms with Gasteiger partial charge in [0.2, 0.25) is 5.91 Å². The molecule has 0 aliphatic heterocycles. The first-order chi connectivity index (χ1) is 13.6. The Morgan fingerprint density at radius 2 is 1.54 bits per heavy atom. The fourth-order valence-corrected chi connectivity index (χ4v) is 3.49. The van der Waals surface area contributed by atoms with Gasteiger partial charge in [0.05, 0.1) is 20.6 Å². The summed E-state index contributed by atoms with van der Waals surface area (Å²) in [4.78, 5) is 25.1. The molecule has 0 aromatic heterocycles. The van der Waals surface area contributed by atoms with Gasteiger partial charge in [-0.15, -0.1) is 0 Å². The van der Waals surface area contributed by atoms with Crippen LogP contribution in [-0.2, 0) is 11.2 Å². The maximum absolute atomic E-state index is 12.6. The van der Waals surface area contributed by atoms with Gasteiger partial charge in [0.25, 0.3) is 0 Å². The molecule has 0 bridgehead atoms. The fourth-order valence-electron chi connectivity index (χ4n) is 3.49. The Hall–Kier alpha value is -3.60. The number of benzene rings is 3. The summed E-state index contributed by atoms with van der Waals surface area (Å²) in [5.74, 6) is 1.01. The van der Waals surface area contributed by atoms with Gasteiger partial charge in [-0.2, -0.15) is 0 Å². The van der Waals surface area contributed by atoms with Crippen LogP contribution >= 0.6 is 0 Å². The highest BCUT2D eigenvalue weighted by molar-refractivity contribution is 6.22. The molecule has 28 heavy (non-hydrogen) atoms. The van der Waals surface area contributed by atoms with Gasteiger partial charge in [0.1, 0.15) is 0 Å². The van der Waals surface area contributed by atoms with Crippen LogP contribution in [0, 0.1) is 0 Å². The van der Waals surface area contributed by atoms with E-state index in [9.17, 15) is 9.59 Å². The average molecular weight is 373 g/mol. The van der Waals surface area contributed by atoms with E-state index >= 15 is 0 Å². The number of fused-ring (bicyclic) bond motifs is 3. The van der Waals surface area contributed by atoms with Crippen molar-refractivity contribution in [1.82, 2.24) is 0 Å². The third-order valence-electron chi connectivity index (χ3n) is 4.82. The van der Waals surface area contributed by atoms with Crippen molar-refractivity contribution < 1.29 is 19.1 Å². The van der Waals surface area contributed by atoms with E-state index < -0.39 is 0 Å². The van der Waals surface area contributed by atoms with E-state index in [0.717, 1.165) is 16.7 Å². The number of methoxy groups -OCH3 is 2. The standard InChI is InChI=1S/C23H19NO4/c1-27-20-10-7-14(11-21(20)28-2)12-22(25)24-15-8-9-17-16-5-3-4-6-18(16)23(26)19(17)13-15/h3-11,13H,12H2,1-2H3,(H,24,25). The van der Waals surface area contributed by atoms with Gasteiger partial charge in [-0.3, -0.25) is 9.59 Å². The molecule has 0 atom stereocenters. The number of ether oxygens (including phenoxy) is 2. The quantitative estimate of drug-likeness (QED) is 0.572. The molecule has 3 aromatic carbocycles. The van der Waals surface area contributed by atoms with Gasteiger partial charge in [-0.1, -0.05) is 36.4 Å². The summed E-state index contributed by atoms with van der Waals surface area (Å²) in [6, 6.07) is 18.4. The smallest absolute Gasteiger partial charge is 0.228 e. The minimum atomic E-state index is -0.171. The van der Waals surface area contributed by atoms with Gasteiger partial charge in [-0.05, 0) is 41.0 Å². The number of anilines is 1. The summed E-state index contributed by atoms with van der Waals surface area (Å²) < 4.78 is 10.5. The highest BCUT2D eigenvalue weighted by Crippen LogP contribution is 2.37. The van der Waals surface area contributed by atoms with Crippen molar-refractivity contribution in [2.75, 3.05) is 19.5 Å². The van der Waals surface area contributed by atoms with E-state index in [0.29, 0.717) is 28.3 Å². The zero-order valence-corrected chi connectivity index (χ0v) is 15.6. The molecule has 1 aliphatic carbocycles. The molecule has 0 saturated carbocycles. The van der Waals surface area contributed by atoms with Crippen molar-refractivity contribution in [1.29, 1.82) is 0 Å². The largest absolute Gasteiger partial charge is 0.493 e. The number of hydrogen-bond acceptors (Lipinski definition) is 4. The summed E-state index contributed by atoms with van der Waals surface area (Å²) in [7, 11) is 3.12. The molecular formula is C23H19NO4. The van der Waals surface area contributed by atoms with Crippen molar-refractivity contribution in [2.24, 2.45) is 0 Å². The molecule has 0 unspecified atom stereocenters. The monoisotopic (exact) mass is 373 g/mol. The number of nitrogens with one attached hydrogen (secondary N) is 1. The lowest BCUT2D eigenvalue weighted by atomic mass is 10.1. The molecule has 0 heterocycles. The van der Waals surface area contributed by atoms with Crippen LogP contribution in [0.25, 0.3) is 11.1 Å². The molecule has 140 valence electrons. The van der Waals surface area contributed by atoms with Gasteiger partial charge >= 0.3 is 0 Å². The lowest BCUT2D eigenvalue weighted by Crippen LogP contribution is -2.14. The van der Waals surface area contributed by atoms with Crippen LogP contribution in [-0.4, -0.2) is 25.9 Å². The Labute approximate surface area is 162 Å². The Morgan fingerprint density at radius 1 is 0.821 bits per heavy atom. The SMILES string of the molecule is COc1ccc(CC(=O)Nc2ccc3c(c2)C(=O)c2ccccc2-3)cc1OC. The van der Waals surface area contributed by atoms with Gasteiger partial charge < -0.3 is 14.8 Å². The van der Waals surface area contributed by atoms with E-state index in [1.807, 2.05) is 42.5 Å². The molecule has 1 amide bonds. The molecule has 5 nitrogen and oxygen atoms in total. The first kappa shape index (κ1) is 17.8. The van der Waals surface area contributed by atoms with Crippen molar-refractivity contribution in [2.45, 2.75) is 6.42 Å². The van der Waals surface area contributed by atoms with Crippen LogP contribution in [0.4, 0.5) is 5.69 Å². The molecule has 0 radical (unpaired) electrons. The number of carbonyl (C=O) groups is 2. The van der Waals surface area contributed by atoms with E-state index in [1.165, 1.54) is 0 Å². The van der Waals surface area contributed by atoms with E-state index in [2.05, 4.69) is 5.32 Å². The van der Waals surface area contributed by atoms with Crippen LogP contribution in [0.2, 0.25) is 0 Å². The highest BCUT2D eigenvalue weighted by Gasteiger charge is 2.26. The first-order valence-corrected chi connectivity index (χ1v) is 8.89. The minimum Gasteiger partial charge on any atom is -0.493 e. The molecule has 5 heteroatoms. The molecule has 1 N–H and O–H groups in total. The Morgan fingerprint density at radius 3 is 2.29 bits per heavy atom. The zero-order valence-electron chi connectivity index (χ0n) is 15.6. The minimum absolute atomic E-state index is 0.0124. The van der Waals surface area contributed by atoms with Crippen LogP contribution in [0.1, 0.15) is 21.5 Å². The lowest BCUT2D eigenvalue weighted by molar-refractivity contribution is -0.115. The van der Waals surface area contributed by atoms with Crippen molar-refractivity contribution in [3.05, 3.63) is 77.4 Å². The Balaban J connectivity index is 1.51. The number of amides is 1. The topological polar surface area (TPSA) is 64.6 Å².